The van der Waals surface area contributed by atoms with Gasteiger partial charge in [0.15, 0.2) is 0 Å². The molecule has 3 aromatic rings. The van der Waals surface area contributed by atoms with Crippen LogP contribution in [0.4, 0.5) is 17.5 Å². The Labute approximate surface area is 139 Å². The number of anilines is 3. The lowest BCUT2D eigenvalue weighted by Crippen LogP contribution is -2.03. The summed E-state index contributed by atoms with van der Waals surface area (Å²) in [4.78, 5) is 13.2. The Balaban J connectivity index is 2.00. The maximum absolute atomic E-state index is 6.07. The lowest BCUT2D eigenvalue weighted by molar-refractivity contribution is 1.14. The number of nitrogens with one attached hydrogen (secondary N) is 2. The minimum Gasteiger partial charge on any atom is -0.357 e. The van der Waals surface area contributed by atoms with Crippen LogP contribution in [0.3, 0.4) is 0 Å². The second-order valence-corrected chi connectivity index (χ2v) is 5.45. The van der Waals surface area contributed by atoms with E-state index in [1.54, 1.807) is 13.2 Å². The smallest absolute Gasteiger partial charge is 0.225 e. The van der Waals surface area contributed by atoms with Crippen LogP contribution in [-0.2, 0) is 0 Å². The fourth-order valence-corrected chi connectivity index (χ4v) is 2.31. The van der Waals surface area contributed by atoms with Crippen LogP contribution in [0.15, 0.2) is 48.7 Å². The Morgan fingerprint density at radius 2 is 1.87 bits per heavy atom. The summed E-state index contributed by atoms with van der Waals surface area (Å²) in [5.74, 6) is 1.20. The molecule has 3 rings (SSSR count). The van der Waals surface area contributed by atoms with Gasteiger partial charge in [-0.15, -0.1) is 0 Å². The molecule has 0 aliphatic rings. The van der Waals surface area contributed by atoms with Crippen molar-refractivity contribution in [3.8, 4) is 11.4 Å². The molecule has 6 heteroatoms. The number of aryl methyl sites for hydroxylation is 1. The zero-order chi connectivity index (χ0) is 16.2. The van der Waals surface area contributed by atoms with Gasteiger partial charge in [0.05, 0.1) is 11.4 Å². The molecule has 0 bridgehead atoms. The van der Waals surface area contributed by atoms with Gasteiger partial charge in [0.2, 0.25) is 5.95 Å². The first-order valence-electron chi connectivity index (χ1n) is 7.17. The van der Waals surface area contributed by atoms with Crippen molar-refractivity contribution < 1.29 is 0 Å². The minimum atomic E-state index is 0.523. The van der Waals surface area contributed by atoms with Crippen LogP contribution >= 0.6 is 11.6 Å². The molecule has 0 unspecified atom stereocenters. The van der Waals surface area contributed by atoms with Crippen molar-refractivity contribution >= 4 is 29.1 Å². The van der Waals surface area contributed by atoms with Crippen LogP contribution in [0.5, 0.6) is 0 Å². The normalized spacial score (nSPS) is 10.4. The van der Waals surface area contributed by atoms with Crippen LogP contribution in [0.1, 0.15) is 5.56 Å². The summed E-state index contributed by atoms with van der Waals surface area (Å²) >= 11 is 6.07. The minimum absolute atomic E-state index is 0.523. The molecule has 0 atom stereocenters. The summed E-state index contributed by atoms with van der Waals surface area (Å²) in [5.41, 5.74) is 3.52. The SMILES string of the molecule is CNc1nc(Nc2cc(Cl)ccc2C)cc(-c2ccccn2)n1. The van der Waals surface area contributed by atoms with E-state index in [0.717, 1.165) is 22.6 Å². The Morgan fingerprint density at radius 3 is 2.61 bits per heavy atom. The van der Waals surface area contributed by atoms with Gasteiger partial charge in [-0.2, -0.15) is 4.98 Å². The van der Waals surface area contributed by atoms with E-state index >= 15 is 0 Å². The lowest BCUT2D eigenvalue weighted by atomic mass is 10.2. The average molecular weight is 326 g/mol. The van der Waals surface area contributed by atoms with Crippen LogP contribution < -0.4 is 10.6 Å². The highest BCUT2D eigenvalue weighted by Gasteiger charge is 2.08. The third-order valence-electron chi connectivity index (χ3n) is 3.34. The lowest BCUT2D eigenvalue weighted by Gasteiger charge is -2.12. The van der Waals surface area contributed by atoms with E-state index in [4.69, 9.17) is 11.6 Å². The topological polar surface area (TPSA) is 62.7 Å². The molecule has 0 fully saturated rings. The quantitative estimate of drug-likeness (QED) is 0.749. The van der Waals surface area contributed by atoms with Gasteiger partial charge < -0.3 is 10.6 Å². The van der Waals surface area contributed by atoms with Gasteiger partial charge in [0.1, 0.15) is 5.82 Å². The third-order valence-corrected chi connectivity index (χ3v) is 3.57. The summed E-state index contributed by atoms with van der Waals surface area (Å²) in [6.07, 6.45) is 1.74. The Kier molecular flexibility index (Phi) is 4.39. The summed E-state index contributed by atoms with van der Waals surface area (Å²) in [6, 6.07) is 13.3. The van der Waals surface area contributed by atoms with Gasteiger partial charge in [0, 0.05) is 30.0 Å². The second kappa shape index (κ2) is 6.62. The standard InChI is InChI=1S/C17H16ClN5/c1-11-6-7-12(18)9-14(11)21-16-10-15(22-17(19-2)23-16)13-5-3-4-8-20-13/h3-10H,1-2H3,(H2,19,21,22,23). The molecule has 2 heterocycles. The largest absolute Gasteiger partial charge is 0.357 e. The highest BCUT2D eigenvalue weighted by molar-refractivity contribution is 6.30. The first-order valence-corrected chi connectivity index (χ1v) is 7.55. The average Bonchev–Trinajstić information content (AvgIpc) is 2.58. The highest BCUT2D eigenvalue weighted by Crippen LogP contribution is 2.26. The summed E-state index contributed by atoms with van der Waals surface area (Å²) in [5, 5.41) is 6.94. The van der Waals surface area contributed by atoms with E-state index in [-0.39, 0.29) is 0 Å². The van der Waals surface area contributed by atoms with E-state index < -0.39 is 0 Å². The first kappa shape index (κ1) is 15.2. The van der Waals surface area contributed by atoms with Gasteiger partial charge in [-0.05, 0) is 36.8 Å². The number of benzene rings is 1. The van der Waals surface area contributed by atoms with Crippen molar-refractivity contribution in [2.75, 3.05) is 17.7 Å². The first-order chi connectivity index (χ1) is 11.2. The summed E-state index contributed by atoms with van der Waals surface area (Å²) in [6.45, 7) is 2.01. The molecule has 2 aromatic heterocycles. The number of hydrogen-bond acceptors (Lipinski definition) is 5. The molecule has 1 aromatic carbocycles. The fraction of sp³-hybridized carbons (Fsp3) is 0.118. The Morgan fingerprint density at radius 1 is 1.00 bits per heavy atom. The fourth-order valence-electron chi connectivity index (χ4n) is 2.14. The van der Waals surface area contributed by atoms with Gasteiger partial charge in [-0.3, -0.25) is 4.98 Å². The van der Waals surface area contributed by atoms with E-state index in [0.29, 0.717) is 16.8 Å². The number of nitrogens with zero attached hydrogens (tertiary/aromatic N) is 3. The number of hydrogen-bond donors (Lipinski definition) is 2. The molecule has 0 aliphatic carbocycles. The van der Waals surface area contributed by atoms with Crippen molar-refractivity contribution in [1.29, 1.82) is 0 Å². The van der Waals surface area contributed by atoms with Crippen molar-refractivity contribution in [3.05, 3.63) is 59.2 Å². The van der Waals surface area contributed by atoms with E-state index in [1.807, 2.05) is 49.4 Å². The Bertz CT molecular complexity index is 820. The molecule has 2 N–H and O–H groups in total. The van der Waals surface area contributed by atoms with Crippen LogP contribution in [0.2, 0.25) is 5.02 Å². The zero-order valence-corrected chi connectivity index (χ0v) is 13.6. The van der Waals surface area contributed by atoms with Crippen molar-refractivity contribution in [2.45, 2.75) is 6.92 Å². The molecule has 0 aliphatic heterocycles. The maximum atomic E-state index is 6.07. The van der Waals surface area contributed by atoms with Gasteiger partial charge in [-0.25, -0.2) is 4.98 Å². The monoisotopic (exact) mass is 325 g/mol. The highest BCUT2D eigenvalue weighted by atomic mass is 35.5. The van der Waals surface area contributed by atoms with Crippen molar-refractivity contribution in [2.24, 2.45) is 0 Å². The van der Waals surface area contributed by atoms with Crippen molar-refractivity contribution in [3.63, 3.8) is 0 Å². The molecule has 116 valence electrons. The summed E-state index contributed by atoms with van der Waals surface area (Å²) in [7, 11) is 1.78. The molecule has 5 nitrogen and oxygen atoms in total. The molecule has 0 saturated carbocycles. The van der Waals surface area contributed by atoms with E-state index in [9.17, 15) is 0 Å². The van der Waals surface area contributed by atoms with Gasteiger partial charge in [0.25, 0.3) is 0 Å². The molecular formula is C17H16ClN5. The van der Waals surface area contributed by atoms with E-state index in [2.05, 4.69) is 25.6 Å². The number of aromatic nitrogens is 3. The number of halogens is 1. The number of rotatable bonds is 4. The van der Waals surface area contributed by atoms with Crippen LogP contribution in [-0.4, -0.2) is 22.0 Å². The second-order valence-electron chi connectivity index (χ2n) is 5.01. The third kappa shape index (κ3) is 3.57. The zero-order valence-electron chi connectivity index (χ0n) is 12.8. The molecular weight excluding hydrogens is 310 g/mol. The number of pyridine rings is 1. The van der Waals surface area contributed by atoms with Gasteiger partial charge in [-0.1, -0.05) is 23.7 Å². The van der Waals surface area contributed by atoms with Crippen LogP contribution in [0.25, 0.3) is 11.4 Å². The molecule has 0 amide bonds. The predicted molar refractivity (Wildman–Crippen MR) is 94.3 cm³/mol. The summed E-state index contributed by atoms with van der Waals surface area (Å²) < 4.78 is 0. The maximum Gasteiger partial charge on any atom is 0.225 e. The van der Waals surface area contributed by atoms with Crippen LogP contribution in [0, 0.1) is 6.92 Å². The predicted octanol–water partition coefficient (Wildman–Crippen LogP) is 4.29. The molecule has 0 saturated heterocycles. The Hall–Kier alpha value is -2.66. The van der Waals surface area contributed by atoms with Crippen molar-refractivity contribution in [1.82, 2.24) is 15.0 Å². The molecule has 0 radical (unpaired) electrons. The molecule has 23 heavy (non-hydrogen) atoms. The van der Waals surface area contributed by atoms with Gasteiger partial charge >= 0.3 is 0 Å². The molecule has 0 spiro atoms. The van der Waals surface area contributed by atoms with E-state index in [1.165, 1.54) is 0 Å².